The quantitative estimate of drug-likeness (QED) is 0.658. The highest BCUT2D eigenvalue weighted by Gasteiger charge is 2.59. The van der Waals surface area contributed by atoms with Crippen molar-refractivity contribution in [3.8, 4) is 0 Å². The first-order chi connectivity index (χ1) is 12.6. The molecule has 8 nitrogen and oxygen atoms in total. The summed E-state index contributed by atoms with van der Waals surface area (Å²) >= 11 is 0. The first kappa shape index (κ1) is 15.0. The van der Waals surface area contributed by atoms with Crippen LogP contribution in [0.3, 0.4) is 0 Å². The number of benzene rings is 1. The topological polar surface area (TPSA) is 97.2 Å². The minimum Gasteiger partial charge on any atom is -0.274 e. The monoisotopic (exact) mass is 349 g/mol. The molecular weight excluding hydrogens is 334 g/mol. The lowest BCUT2D eigenvalue weighted by atomic mass is 9.85. The summed E-state index contributed by atoms with van der Waals surface area (Å²) in [4.78, 5) is 39.1. The van der Waals surface area contributed by atoms with E-state index in [4.69, 9.17) is 0 Å². The van der Waals surface area contributed by atoms with Crippen LogP contribution >= 0.6 is 0 Å². The number of anilines is 1. The van der Waals surface area contributed by atoms with Gasteiger partial charge in [0.05, 0.1) is 17.5 Å². The number of carbonyl (C=O) groups is 3. The van der Waals surface area contributed by atoms with E-state index in [1.807, 2.05) is 0 Å². The molecule has 1 saturated carbocycles. The van der Waals surface area contributed by atoms with Gasteiger partial charge in [-0.2, -0.15) is 0 Å². The van der Waals surface area contributed by atoms with Gasteiger partial charge in [0, 0.05) is 5.56 Å². The minimum atomic E-state index is -0.338. The number of carbonyl (C=O) groups excluding carboxylic acids is 3. The summed E-state index contributed by atoms with van der Waals surface area (Å²) in [6, 6.07) is 6.45. The summed E-state index contributed by atoms with van der Waals surface area (Å²) in [7, 11) is 0. The summed E-state index contributed by atoms with van der Waals surface area (Å²) in [6.07, 6.45) is 7.78. The number of nitrogens with zero attached hydrogens (tertiary/aromatic N) is 4. The van der Waals surface area contributed by atoms with E-state index in [1.54, 1.807) is 24.3 Å². The molecule has 1 aliphatic heterocycles. The summed E-state index contributed by atoms with van der Waals surface area (Å²) < 4.78 is 1.34. The smallest absolute Gasteiger partial charge is 0.270 e. The number of allylic oxidation sites excluding steroid dienone is 2. The van der Waals surface area contributed by atoms with Gasteiger partial charge >= 0.3 is 0 Å². The van der Waals surface area contributed by atoms with Crippen LogP contribution < -0.4 is 10.3 Å². The number of hydrogen-bond donors (Lipinski definition) is 1. The highest BCUT2D eigenvalue weighted by atomic mass is 16.2. The highest BCUT2D eigenvalue weighted by molar-refractivity contribution is 6.22. The SMILES string of the molecule is O=C(Nn1cnnc1)c1ccc(N2C(=O)[C@H]3[C@H](C2=O)[C@H]2C=C[C@H]3C2)cc1. The van der Waals surface area contributed by atoms with Gasteiger partial charge in [-0.15, -0.1) is 10.2 Å². The van der Waals surface area contributed by atoms with Gasteiger partial charge in [0.15, 0.2) is 0 Å². The number of rotatable bonds is 3. The Labute approximate surface area is 148 Å². The number of imide groups is 1. The van der Waals surface area contributed by atoms with Gasteiger partial charge in [-0.25, -0.2) is 4.68 Å². The second-order valence-corrected chi connectivity index (χ2v) is 6.87. The summed E-state index contributed by atoms with van der Waals surface area (Å²) in [5.74, 6) is -0.685. The maximum atomic E-state index is 12.8. The zero-order valence-corrected chi connectivity index (χ0v) is 13.6. The number of nitrogens with one attached hydrogen (secondary N) is 1. The van der Waals surface area contributed by atoms with Crippen molar-refractivity contribution < 1.29 is 14.4 Å². The molecule has 2 fully saturated rings. The van der Waals surface area contributed by atoms with Crippen LogP contribution in [0.5, 0.6) is 0 Å². The standard InChI is InChI=1S/C18H15N5O3/c24-16(21-22-8-19-20-9-22)10-3-5-13(6-4-10)23-17(25)14-11-1-2-12(7-11)15(14)18(23)26/h1-6,8-9,11-12,14-15H,7H2,(H,21,24)/t11-,12-,14+,15+/m0/s1. The van der Waals surface area contributed by atoms with Gasteiger partial charge < -0.3 is 0 Å². The Morgan fingerprint density at radius 1 is 0.962 bits per heavy atom. The molecule has 8 heteroatoms. The molecule has 1 aromatic heterocycles. The summed E-state index contributed by atoms with van der Waals surface area (Å²) in [5.41, 5.74) is 3.51. The molecule has 4 atom stereocenters. The fraction of sp³-hybridized carbons (Fsp3) is 0.278. The van der Waals surface area contributed by atoms with Crippen molar-refractivity contribution in [1.82, 2.24) is 14.9 Å². The second kappa shape index (κ2) is 5.35. The van der Waals surface area contributed by atoms with Gasteiger partial charge in [-0.1, -0.05) is 12.2 Å². The lowest BCUT2D eigenvalue weighted by Gasteiger charge is -2.17. The molecule has 5 rings (SSSR count). The molecule has 2 aliphatic carbocycles. The van der Waals surface area contributed by atoms with Crippen LogP contribution in [-0.4, -0.2) is 32.6 Å². The molecule has 2 aromatic rings. The van der Waals surface area contributed by atoms with E-state index in [9.17, 15) is 14.4 Å². The third-order valence-corrected chi connectivity index (χ3v) is 5.51. The maximum Gasteiger partial charge on any atom is 0.270 e. The first-order valence-electron chi connectivity index (χ1n) is 8.45. The van der Waals surface area contributed by atoms with Gasteiger partial charge in [-0.05, 0) is 42.5 Å². The van der Waals surface area contributed by atoms with Crippen molar-refractivity contribution >= 4 is 23.4 Å². The zero-order chi connectivity index (χ0) is 17.8. The average molecular weight is 349 g/mol. The van der Waals surface area contributed by atoms with Crippen molar-refractivity contribution in [3.05, 3.63) is 54.6 Å². The van der Waals surface area contributed by atoms with Crippen LogP contribution in [0.4, 0.5) is 5.69 Å². The van der Waals surface area contributed by atoms with Crippen molar-refractivity contribution in [1.29, 1.82) is 0 Å². The van der Waals surface area contributed by atoms with Crippen LogP contribution in [-0.2, 0) is 9.59 Å². The highest BCUT2D eigenvalue weighted by Crippen LogP contribution is 2.53. The van der Waals surface area contributed by atoms with E-state index >= 15 is 0 Å². The largest absolute Gasteiger partial charge is 0.274 e. The second-order valence-electron chi connectivity index (χ2n) is 6.87. The van der Waals surface area contributed by atoms with E-state index in [2.05, 4.69) is 27.8 Å². The molecular formula is C18H15N5O3. The number of aromatic nitrogens is 3. The van der Waals surface area contributed by atoms with Gasteiger partial charge in [0.1, 0.15) is 12.7 Å². The van der Waals surface area contributed by atoms with Gasteiger partial charge in [0.25, 0.3) is 5.91 Å². The Bertz CT molecular complexity index is 904. The Morgan fingerprint density at radius 2 is 1.54 bits per heavy atom. The third-order valence-electron chi connectivity index (χ3n) is 5.51. The summed E-state index contributed by atoms with van der Waals surface area (Å²) in [6.45, 7) is 0. The molecule has 3 aliphatic rings. The average Bonchev–Trinajstić information content (AvgIpc) is 3.41. The van der Waals surface area contributed by atoms with Crippen LogP contribution in [0.2, 0.25) is 0 Å². The van der Waals surface area contributed by atoms with E-state index in [1.165, 1.54) is 22.2 Å². The van der Waals surface area contributed by atoms with Crippen molar-refractivity contribution in [3.63, 3.8) is 0 Å². The Morgan fingerprint density at radius 3 is 2.12 bits per heavy atom. The first-order valence-corrected chi connectivity index (χ1v) is 8.45. The Balaban J connectivity index is 1.37. The van der Waals surface area contributed by atoms with Crippen molar-refractivity contribution in [2.75, 3.05) is 10.3 Å². The Hall–Kier alpha value is -3.29. The molecule has 3 amide bonds. The molecule has 1 aromatic carbocycles. The predicted octanol–water partition coefficient (Wildman–Crippen LogP) is 0.973. The molecule has 1 saturated heterocycles. The Kier molecular flexibility index (Phi) is 3.09. The third kappa shape index (κ3) is 2.05. The molecule has 2 bridgehead atoms. The van der Waals surface area contributed by atoms with Gasteiger partial charge in [0.2, 0.25) is 11.8 Å². The molecule has 130 valence electrons. The molecule has 0 radical (unpaired) electrons. The minimum absolute atomic E-state index is 0.126. The molecule has 0 spiro atoms. The van der Waals surface area contributed by atoms with Crippen LogP contribution in [0.1, 0.15) is 16.8 Å². The molecule has 2 heterocycles. The molecule has 0 unspecified atom stereocenters. The lowest BCUT2D eigenvalue weighted by Crippen LogP contribution is -2.32. The molecule has 1 N–H and O–H groups in total. The predicted molar refractivity (Wildman–Crippen MR) is 90.4 cm³/mol. The summed E-state index contributed by atoms with van der Waals surface area (Å²) in [5, 5.41) is 7.22. The van der Waals surface area contributed by atoms with Crippen molar-refractivity contribution in [2.45, 2.75) is 6.42 Å². The normalized spacial score (nSPS) is 28.7. The van der Waals surface area contributed by atoms with Crippen molar-refractivity contribution in [2.24, 2.45) is 23.7 Å². The van der Waals surface area contributed by atoms with E-state index in [-0.39, 0.29) is 41.4 Å². The van der Waals surface area contributed by atoms with E-state index < -0.39 is 0 Å². The van der Waals surface area contributed by atoms with Crippen LogP contribution in [0.15, 0.2) is 49.1 Å². The lowest BCUT2D eigenvalue weighted by molar-refractivity contribution is -0.123. The number of amides is 3. The van der Waals surface area contributed by atoms with E-state index in [0.717, 1.165) is 6.42 Å². The fourth-order valence-electron chi connectivity index (χ4n) is 4.36. The zero-order valence-electron chi connectivity index (χ0n) is 13.6. The van der Waals surface area contributed by atoms with Crippen LogP contribution in [0.25, 0.3) is 0 Å². The van der Waals surface area contributed by atoms with Crippen LogP contribution in [0, 0.1) is 23.7 Å². The fourth-order valence-corrected chi connectivity index (χ4v) is 4.36. The maximum absolute atomic E-state index is 12.8. The number of fused-ring (bicyclic) bond motifs is 5. The van der Waals surface area contributed by atoms with Gasteiger partial charge in [-0.3, -0.25) is 24.7 Å². The van der Waals surface area contributed by atoms with E-state index in [0.29, 0.717) is 11.3 Å². The molecule has 26 heavy (non-hydrogen) atoms. The number of hydrogen-bond acceptors (Lipinski definition) is 5.